The second kappa shape index (κ2) is 37.8. The Morgan fingerprint density at radius 2 is 1.06 bits per heavy atom. The lowest BCUT2D eigenvalue weighted by Gasteiger charge is -2.37. The summed E-state index contributed by atoms with van der Waals surface area (Å²) < 4.78 is 56.2. The normalized spacial score (nSPS) is 19.0. The molecule has 2 N–H and O–H groups in total. The summed E-state index contributed by atoms with van der Waals surface area (Å²) in [6.45, 7) is 36.1. The molecule has 0 saturated carbocycles. The molecule has 0 aliphatic carbocycles. The maximum atomic E-state index is 12.7. The summed E-state index contributed by atoms with van der Waals surface area (Å²) in [6.07, 6.45) is 7.32. The minimum atomic E-state index is -1.75. The Morgan fingerprint density at radius 3 is 1.48 bits per heavy atom. The number of rotatable bonds is 30. The van der Waals surface area contributed by atoms with E-state index in [1.165, 1.54) is 12.7 Å². The van der Waals surface area contributed by atoms with Crippen molar-refractivity contribution in [2.24, 2.45) is 0 Å². The number of anilines is 2. The quantitative estimate of drug-likeness (QED) is 0.0241. The molecule has 6 heterocycles. The number of hydrogen-bond donors (Lipinski definition) is 2. The van der Waals surface area contributed by atoms with Crippen molar-refractivity contribution in [2.75, 3.05) is 50.2 Å². The van der Waals surface area contributed by atoms with Crippen molar-refractivity contribution >= 4 is 81.8 Å². The second-order valence-electron chi connectivity index (χ2n) is 21.3. The zero-order valence-corrected chi connectivity index (χ0v) is 55.8. The van der Waals surface area contributed by atoms with E-state index in [0.717, 1.165) is 6.42 Å². The molecule has 2 fully saturated rings. The highest BCUT2D eigenvalue weighted by molar-refractivity contribution is 7.78. The number of amides is 2. The van der Waals surface area contributed by atoms with Crippen LogP contribution in [0.3, 0.4) is 0 Å². The molecule has 2 amide bonds. The second-order valence-corrected chi connectivity index (χ2v) is 25.9. The Labute approximate surface area is 535 Å². The maximum absolute atomic E-state index is 12.7. The van der Waals surface area contributed by atoms with Crippen LogP contribution in [-0.2, 0) is 36.6 Å². The van der Waals surface area contributed by atoms with Crippen LogP contribution in [0.5, 0.6) is 0 Å². The first-order chi connectivity index (χ1) is 43.5. The van der Waals surface area contributed by atoms with E-state index in [2.05, 4.69) is 128 Å². The van der Waals surface area contributed by atoms with Crippen molar-refractivity contribution < 1.29 is 46.2 Å². The van der Waals surface area contributed by atoms with Gasteiger partial charge in [0, 0.05) is 48.1 Å². The van der Waals surface area contributed by atoms with Crippen molar-refractivity contribution in [2.45, 2.75) is 169 Å². The van der Waals surface area contributed by atoms with Gasteiger partial charge in [0.15, 0.2) is 34.0 Å². The van der Waals surface area contributed by atoms with E-state index >= 15 is 0 Å². The summed E-state index contributed by atoms with van der Waals surface area (Å²) in [7, 11) is -4.22. The fraction of sp³-hybridized carbons (Fsp3) is 0.533. The highest BCUT2D eigenvalue weighted by atomic mass is 35.7. The molecule has 26 nitrogen and oxygen atoms in total. The predicted octanol–water partition coefficient (Wildman–Crippen LogP) is 13.2. The number of aromatic nitrogens is 8. The molecule has 4 aromatic heterocycles. The topological polar surface area (TPSA) is 282 Å². The predicted molar refractivity (Wildman–Crippen MR) is 345 cm³/mol. The van der Waals surface area contributed by atoms with Crippen molar-refractivity contribution in [3.63, 3.8) is 0 Å². The lowest BCUT2D eigenvalue weighted by molar-refractivity contribution is -0.0176. The van der Waals surface area contributed by atoms with Crippen molar-refractivity contribution in [3.05, 3.63) is 120 Å². The van der Waals surface area contributed by atoms with Gasteiger partial charge in [0.1, 0.15) is 38.3 Å². The molecule has 0 spiro atoms. The summed E-state index contributed by atoms with van der Waals surface area (Å²) in [5.41, 5.74) is 3.03. The Hall–Kier alpha value is -6.38. The van der Waals surface area contributed by atoms with Gasteiger partial charge in [-0.2, -0.15) is 10.5 Å². The number of ether oxygens (including phenoxy) is 2. The standard InChI is InChI=1S/C27H36N7O4P.C24H26N7O5P.C9H18ClN2OP/c1-6-21-22(38-39(36-14-10-13-28)34(18(2)3)19(4)5)15-23(37-21)33-17-31-24-25(29-16-30-26(24)33)32-27(35)20-11-8-7-9-12-20;1-3-18-19(36-37(33-12-7-10-25)34-13-11-26-2)14-20(35-18)31-16-29-21-22(27-15-28-23(21)31)30-24(32)17-8-5-4-6-9-17;1-8(2)12(9(3)4)14(10)13-7-6-11-5/h7-9,11-12,16-19,21-23H,6,10,14-15H2,1-5H3,(H,29,30,32,35);4-6,8-9,15-16,18-20H,3,7,11-14H2,1H3,(H,27,28,30,32);8-9H,6-7H2,1-4H3. The van der Waals surface area contributed by atoms with Gasteiger partial charge in [-0.3, -0.25) is 18.7 Å². The molecule has 0 bridgehead atoms. The molecule has 8 rings (SSSR count). The van der Waals surface area contributed by atoms with Gasteiger partial charge in [-0.1, -0.05) is 50.2 Å². The maximum Gasteiger partial charge on any atom is 0.333 e. The first-order valence-electron chi connectivity index (χ1n) is 29.7. The Balaban J connectivity index is 0.000000237. The fourth-order valence-electron chi connectivity index (χ4n) is 9.67. The van der Waals surface area contributed by atoms with E-state index < -0.39 is 31.0 Å². The summed E-state index contributed by atoms with van der Waals surface area (Å²) >= 11 is 6.14. The Bertz CT molecular complexity index is 3310. The molecule has 2 aromatic carbocycles. The molecule has 2 saturated heterocycles. The van der Waals surface area contributed by atoms with Gasteiger partial charge in [0.25, 0.3) is 20.3 Å². The van der Waals surface area contributed by atoms with Crippen molar-refractivity contribution in [1.82, 2.24) is 48.4 Å². The molecule has 2 aliphatic heterocycles. The van der Waals surface area contributed by atoms with E-state index in [-0.39, 0.29) is 80.7 Å². The van der Waals surface area contributed by atoms with E-state index in [1.807, 2.05) is 29.7 Å². The number of nitrogens with one attached hydrogen (secondary N) is 2. The van der Waals surface area contributed by atoms with E-state index in [0.29, 0.717) is 103 Å². The number of fused-ring (bicyclic) bond motifs is 2. The van der Waals surface area contributed by atoms with Gasteiger partial charge >= 0.3 is 8.60 Å². The molecule has 30 heteroatoms. The molecular formula is C60H80ClN16O10P3. The van der Waals surface area contributed by atoms with E-state index in [9.17, 15) is 9.59 Å². The number of imidazole rings is 2. The molecule has 0 radical (unpaired) electrons. The number of halogens is 1. The van der Waals surface area contributed by atoms with Gasteiger partial charge in [-0.25, -0.2) is 52.4 Å². The van der Waals surface area contributed by atoms with Gasteiger partial charge in [-0.15, -0.1) is 0 Å². The minimum absolute atomic E-state index is 0.155. The minimum Gasteiger partial charge on any atom is -0.352 e. The third kappa shape index (κ3) is 20.8. The molecular weight excluding hydrogens is 1230 g/mol. The molecule has 9 unspecified atom stereocenters. The molecule has 2 aliphatic rings. The summed E-state index contributed by atoms with van der Waals surface area (Å²) in [6, 6.07) is 23.1. The molecule has 6 aromatic rings. The van der Waals surface area contributed by atoms with Crippen LogP contribution < -0.4 is 10.6 Å². The number of nitrogens with zero attached hydrogens (tertiary/aromatic N) is 14. The third-order valence-corrected chi connectivity index (χ3v) is 19.5. The average molecular weight is 1310 g/mol. The first-order valence-corrected chi connectivity index (χ1v) is 34.1. The zero-order valence-electron chi connectivity index (χ0n) is 52.4. The number of hydrogen-bond acceptors (Lipinski definition) is 20. The lowest BCUT2D eigenvalue weighted by Crippen LogP contribution is -2.35. The van der Waals surface area contributed by atoms with Crippen LogP contribution >= 0.6 is 36.0 Å². The number of nitriles is 2. The van der Waals surface area contributed by atoms with Gasteiger partial charge in [-0.05, 0) is 104 Å². The first kappa shape index (κ1) is 72.7. The molecule has 90 heavy (non-hydrogen) atoms. The van der Waals surface area contributed by atoms with Gasteiger partial charge < -0.3 is 56.9 Å². The van der Waals surface area contributed by atoms with Gasteiger partial charge in [0.05, 0.1) is 75.3 Å². The van der Waals surface area contributed by atoms with Crippen molar-refractivity contribution in [1.29, 1.82) is 10.5 Å². The number of benzene rings is 2. The lowest BCUT2D eigenvalue weighted by atomic mass is 10.1. The number of carbonyl (C=O) groups excluding carboxylic acids is 2. The van der Waals surface area contributed by atoms with E-state index in [4.69, 9.17) is 71.5 Å². The Kier molecular flexibility index (Phi) is 30.6. The van der Waals surface area contributed by atoms with Crippen LogP contribution in [0.1, 0.15) is 141 Å². The average Bonchev–Trinajstić information content (AvgIpc) is 1.83. The van der Waals surface area contributed by atoms with Crippen LogP contribution in [0.4, 0.5) is 11.6 Å². The van der Waals surface area contributed by atoms with Crippen LogP contribution in [0.25, 0.3) is 32.0 Å². The van der Waals surface area contributed by atoms with Crippen LogP contribution in [0.15, 0.2) is 86.0 Å². The van der Waals surface area contributed by atoms with Crippen molar-refractivity contribution in [3.8, 4) is 12.1 Å². The van der Waals surface area contributed by atoms with Crippen LogP contribution in [0, 0.1) is 35.8 Å². The summed E-state index contributed by atoms with van der Waals surface area (Å²) in [5.74, 6) is 0.0727. The summed E-state index contributed by atoms with van der Waals surface area (Å²) in [4.78, 5) is 58.1. The smallest absolute Gasteiger partial charge is 0.333 e. The SMILES string of the molecule is CCC1OC(n2cnc3c(NC(=O)c4ccccc4)ncnc32)CC1OP(OCCC#N)N(C(C)C)C(C)C.[C-]#[N+]CCOP(Cl)N(C(C)C)C(C)C.[C-]#[N+]CCOP(OCCC#N)OC1CC(n2cnc3c(NC(=O)c4ccccc4)ncnc32)OC1CC. The van der Waals surface area contributed by atoms with Crippen LogP contribution in [0.2, 0.25) is 0 Å². The highest BCUT2D eigenvalue weighted by Gasteiger charge is 2.42. The monoisotopic (exact) mass is 1310 g/mol. The Morgan fingerprint density at radius 1 is 0.633 bits per heavy atom. The van der Waals surface area contributed by atoms with Crippen LogP contribution in [-0.4, -0.2) is 148 Å². The number of carbonyl (C=O) groups is 2. The highest BCUT2D eigenvalue weighted by Crippen LogP contribution is 2.52. The van der Waals surface area contributed by atoms with Gasteiger partial charge in [0.2, 0.25) is 20.7 Å². The van der Waals surface area contributed by atoms with E-state index in [1.54, 1.807) is 65.8 Å². The largest absolute Gasteiger partial charge is 0.352 e. The molecule has 9 atom stereocenters. The fourth-order valence-corrected chi connectivity index (χ4v) is 14.9. The third-order valence-electron chi connectivity index (χ3n) is 13.6. The zero-order chi connectivity index (χ0) is 65.1. The molecule has 482 valence electrons. The summed E-state index contributed by atoms with van der Waals surface area (Å²) in [5, 5.41) is 23.5.